The lowest BCUT2D eigenvalue weighted by Crippen LogP contribution is -2.74. The van der Waals surface area contributed by atoms with Crippen LogP contribution in [-0.2, 0) is 9.53 Å². The molecule has 4 saturated carbocycles. The number of ketones is 1. The van der Waals surface area contributed by atoms with E-state index in [0.717, 1.165) is 19.3 Å². The molecule has 6 fully saturated rings. The number of fused-ring (bicyclic) bond motifs is 3. The smallest absolute Gasteiger partial charge is 0.166 e. The van der Waals surface area contributed by atoms with Gasteiger partial charge in [-0.05, 0) is 103 Å². The zero-order valence-corrected chi connectivity index (χ0v) is 23.5. The normalized spacial score (nSPS) is 41.8. The van der Waals surface area contributed by atoms with E-state index in [1.807, 2.05) is 0 Å². The molecule has 4 bridgehead atoms. The van der Waals surface area contributed by atoms with Crippen molar-refractivity contribution in [1.82, 2.24) is 0 Å². The molecule has 6 aliphatic rings. The predicted molar refractivity (Wildman–Crippen MR) is 153 cm³/mol. The molecule has 1 spiro atoms. The number of allylic oxidation sites excluding steroid dienone is 1. The summed E-state index contributed by atoms with van der Waals surface area (Å²) in [6, 6.07) is 21.7. The first-order valence-corrected chi connectivity index (χ1v) is 15.4. The van der Waals surface area contributed by atoms with Crippen LogP contribution in [0.2, 0.25) is 0 Å². The van der Waals surface area contributed by atoms with E-state index in [9.17, 15) is 4.79 Å². The summed E-state index contributed by atoms with van der Waals surface area (Å²) in [6.07, 6.45) is 13.2. The number of carbonyl (C=O) groups is 1. The molecular formula is C36H44O2. The minimum absolute atomic E-state index is 0.0653. The molecule has 2 saturated heterocycles. The van der Waals surface area contributed by atoms with Crippen molar-refractivity contribution in [1.29, 1.82) is 0 Å². The number of benzene rings is 2. The van der Waals surface area contributed by atoms with Crippen molar-refractivity contribution in [3.8, 4) is 0 Å². The highest BCUT2D eigenvalue weighted by atomic mass is 16.5. The van der Waals surface area contributed by atoms with Gasteiger partial charge < -0.3 is 4.74 Å². The Kier molecular flexibility index (Phi) is 5.82. The van der Waals surface area contributed by atoms with E-state index in [-0.39, 0.29) is 10.8 Å². The standard InChI is InChI=1S/C36H44O2/c1-24(14-16-30(25-10-6-4-7-11-25)26-12-8-5-9-13-26)27-20-32-31-17-15-28-21-29-18-19-35(28,3)36(31,38-29)33(37)23-34(32,2)22-27/h4-13,16,24,27-29,31-32H,14-15,17-23H2,1-3H3/t24-,27-,28-,29-,31+,32-,34+,35?,36+/m1/s1. The maximum Gasteiger partial charge on any atom is 0.166 e. The maximum absolute atomic E-state index is 14.2. The predicted octanol–water partition coefficient (Wildman–Crippen LogP) is 8.50. The molecule has 200 valence electrons. The molecular weight excluding hydrogens is 464 g/mol. The van der Waals surface area contributed by atoms with Gasteiger partial charge in [0, 0.05) is 11.8 Å². The van der Waals surface area contributed by atoms with Crippen LogP contribution < -0.4 is 0 Å². The van der Waals surface area contributed by atoms with Crippen LogP contribution in [0.1, 0.15) is 89.7 Å². The van der Waals surface area contributed by atoms with E-state index >= 15 is 0 Å². The highest BCUT2D eigenvalue weighted by Gasteiger charge is 2.74. The van der Waals surface area contributed by atoms with Crippen LogP contribution in [0.3, 0.4) is 0 Å². The van der Waals surface area contributed by atoms with Crippen LogP contribution in [0.5, 0.6) is 0 Å². The van der Waals surface area contributed by atoms with Crippen molar-refractivity contribution in [2.24, 2.45) is 40.4 Å². The van der Waals surface area contributed by atoms with Gasteiger partial charge in [-0.25, -0.2) is 0 Å². The Hall–Kier alpha value is -2.19. The van der Waals surface area contributed by atoms with E-state index in [1.165, 1.54) is 55.2 Å². The third-order valence-electron chi connectivity index (χ3n) is 12.3. The molecule has 9 atom stereocenters. The first-order chi connectivity index (χ1) is 18.3. The number of Topliss-reactive ketones (excluding diaryl/α,β-unsaturated/α-hetero) is 1. The molecule has 2 aromatic carbocycles. The molecule has 4 aliphatic carbocycles. The van der Waals surface area contributed by atoms with Gasteiger partial charge in [-0.3, -0.25) is 4.79 Å². The average Bonchev–Trinajstić information content (AvgIpc) is 3.27. The van der Waals surface area contributed by atoms with Gasteiger partial charge in [0.25, 0.3) is 0 Å². The summed E-state index contributed by atoms with van der Waals surface area (Å²) in [6.45, 7) is 7.36. The van der Waals surface area contributed by atoms with E-state index in [2.05, 4.69) is 87.5 Å². The molecule has 38 heavy (non-hydrogen) atoms. The Balaban J connectivity index is 1.15. The Morgan fingerprint density at radius 2 is 1.63 bits per heavy atom. The van der Waals surface area contributed by atoms with Gasteiger partial charge >= 0.3 is 0 Å². The number of rotatable bonds is 5. The molecule has 0 aromatic heterocycles. The lowest BCUT2D eigenvalue weighted by Gasteiger charge is -2.70. The Labute approximate surface area is 229 Å². The SMILES string of the molecule is C[C@H](CC=C(c1ccccc1)c1ccccc1)[C@@H]1C[C@@H]2[C@@H]3CC[C@@H]4C[C@H]5CCC4(C)[C@@]3(O5)C(=O)C[C@]2(C)C1. The molecule has 0 radical (unpaired) electrons. The monoisotopic (exact) mass is 508 g/mol. The molecule has 8 rings (SSSR count). The molecule has 2 aromatic rings. The van der Waals surface area contributed by atoms with Crippen molar-refractivity contribution >= 4 is 11.4 Å². The minimum atomic E-state index is -0.479. The third kappa shape index (κ3) is 3.51. The van der Waals surface area contributed by atoms with E-state index in [1.54, 1.807) is 0 Å². The number of hydrogen-bond acceptors (Lipinski definition) is 2. The van der Waals surface area contributed by atoms with Crippen LogP contribution in [0.15, 0.2) is 66.7 Å². The van der Waals surface area contributed by atoms with Crippen LogP contribution >= 0.6 is 0 Å². The zero-order valence-electron chi connectivity index (χ0n) is 23.5. The molecule has 2 heterocycles. The quantitative estimate of drug-likeness (QED) is 0.405. The van der Waals surface area contributed by atoms with Crippen LogP contribution in [0, 0.1) is 40.4 Å². The van der Waals surface area contributed by atoms with Crippen molar-refractivity contribution in [3.63, 3.8) is 0 Å². The van der Waals surface area contributed by atoms with Crippen molar-refractivity contribution in [3.05, 3.63) is 77.9 Å². The zero-order chi connectivity index (χ0) is 26.1. The molecule has 2 heteroatoms. The van der Waals surface area contributed by atoms with Gasteiger partial charge in [0.2, 0.25) is 0 Å². The van der Waals surface area contributed by atoms with Gasteiger partial charge in [-0.1, -0.05) is 87.5 Å². The molecule has 2 nitrogen and oxygen atoms in total. The first-order valence-electron chi connectivity index (χ1n) is 15.4. The Morgan fingerprint density at radius 1 is 0.947 bits per heavy atom. The highest BCUT2D eigenvalue weighted by molar-refractivity contribution is 5.91. The molecule has 0 amide bonds. The highest BCUT2D eigenvalue weighted by Crippen LogP contribution is 2.72. The maximum atomic E-state index is 14.2. The number of carbonyl (C=O) groups excluding carboxylic acids is 1. The van der Waals surface area contributed by atoms with Crippen molar-refractivity contribution in [2.45, 2.75) is 90.3 Å². The van der Waals surface area contributed by atoms with Gasteiger partial charge in [0.05, 0.1) is 6.10 Å². The fourth-order valence-electron chi connectivity index (χ4n) is 10.3. The summed E-state index contributed by atoms with van der Waals surface area (Å²) in [4.78, 5) is 14.2. The second-order valence-corrected chi connectivity index (χ2v) is 14.2. The summed E-state index contributed by atoms with van der Waals surface area (Å²) in [5.41, 5.74) is 3.65. The summed E-state index contributed by atoms with van der Waals surface area (Å²) >= 11 is 0. The van der Waals surface area contributed by atoms with E-state index in [0.29, 0.717) is 41.5 Å². The van der Waals surface area contributed by atoms with Crippen LogP contribution in [-0.4, -0.2) is 17.5 Å². The van der Waals surface area contributed by atoms with Gasteiger partial charge in [0.1, 0.15) is 5.60 Å². The molecule has 2 aliphatic heterocycles. The largest absolute Gasteiger partial charge is 0.363 e. The summed E-state index contributed by atoms with van der Waals surface area (Å²) in [7, 11) is 0. The topological polar surface area (TPSA) is 26.3 Å². The number of ether oxygens (including phenoxy) is 1. The summed E-state index contributed by atoms with van der Waals surface area (Å²) in [5, 5.41) is 0. The third-order valence-corrected chi connectivity index (χ3v) is 12.3. The fraction of sp³-hybridized carbons (Fsp3) is 0.583. The van der Waals surface area contributed by atoms with Crippen molar-refractivity contribution < 1.29 is 9.53 Å². The Bertz CT molecular complexity index is 1190. The van der Waals surface area contributed by atoms with Gasteiger partial charge in [0.15, 0.2) is 5.78 Å². The lowest BCUT2D eigenvalue weighted by molar-refractivity contribution is -0.306. The first kappa shape index (κ1) is 24.8. The molecule has 1 unspecified atom stereocenters. The van der Waals surface area contributed by atoms with E-state index in [4.69, 9.17) is 4.74 Å². The van der Waals surface area contributed by atoms with E-state index < -0.39 is 5.60 Å². The van der Waals surface area contributed by atoms with Crippen LogP contribution in [0.4, 0.5) is 0 Å². The summed E-state index contributed by atoms with van der Waals surface area (Å²) in [5.74, 6) is 3.48. The Morgan fingerprint density at radius 3 is 2.32 bits per heavy atom. The molecule has 0 N–H and O–H groups in total. The second kappa shape index (κ2) is 8.91. The van der Waals surface area contributed by atoms with Gasteiger partial charge in [-0.15, -0.1) is 0 Å². The summed E-state index contributed by atoms with van der Waals surface area (Å²) < 4.78 is 6.93. The minimum Gasteiger partial charge on any atom is -0.363 e. The average molecular weight is 509 g/mol. The van der Waals surface area contributed by atoms with Gasteiger partial charge in [-0.2, -0.15) is 0 Å². The second-order valence-electron chi connectivity index (χ2n) is 14.2. The number of hydrogen-bond donors (Lipinski definition) is 0. The fourth-order valence-corrected chi connectivity index (χ4v) is 10.3. The lowest BCUT2D eigenvalue weighted by atomic mass is 9.41. The van der Waals surface area contributed by atoms with Crippen molar-refractivity contribution in [2.75, 3.05) is 0 Å². The van der Waals surface area contributed by atoms with Crippen LogP contribution in [0.25, 0.3) is 5.57 Å².